The van der Waals surface area contributed by atoms with Gasteiger partial charge in [0.15, 0.2) is 6.29 Å². The Kier molecular flexibility index (Phi) is 6.29. The third-order valence-electron chi connectivity index (χ3n) is 2.20. The number of aliphatic hydroxyl groups excluding tert-OH is 1. The topological polar surface area (TPSA) is 32.7 Å². The predicted octanol–water partition coefficient (Wildman–Crippen LogP) is 1.46. The standard InChI is InChI=1S/C8H17NO2.C2H6/c1-6-4-7(9(2)3)5-8(10)11-6;1-2/h6-8,10H,4-5H2,1-3H3;1-2H3/t6-,7?,8?;/m1./s1. The average molecular weight is 189 g/mol. The highest BCUT2D eigenvalue weighted by Crippen LogP contribution is 2.20. The fourth-order valence-electron chi connectivity index (χ4n) is 1.51. The summed E-state index contributed by atoms with van der Waals surface area (Å²) in [6.45, 7) is 6.00. The Morgan fingerprint density at radius 3 is 2.15 bits per heavy atom. The molecule has 0 radical (unpaired) electrons. The van der Waals surface area contributed by atoms with Crippen molar-refractivity contribution in [3.63, 3.8) is 0 Å². The maximum Gasteiger partial charge on any atom is 0.156 e. The van der Waals surface area contributed by atoms with Crippen LogP contribution in [0.2, 0.25) is 0 Å². The average Bonchev–Trinajstić information content (AvgIpc) is 2.06. The van der Waals surface area contributed by atoms with Crippen LogP contribution in [-0.2, 0) is 4.74 Å². The van der Waals surface area contributed by atoms with Gasteiger partial charge in [0.2, 0.25) is 0 Å². The quantitative estimate of drug-likeness (QED) is 0.678. The van der Waals surface area contributed by atoms with Crippen LogP contribution in [0, 0.1) is 0 Å². The van der Waals surface area contributed by atoms with Gasteiger partial charge in [0.1, 0.15) is 0 Å². The molecule has 0 bridgehead atoms. The summed E-state index contributed by atoms with van der Waals surface area (Å²) < 4.78 is 5.20. The second kappa shape index (κ2) is 6.35. The molecular weight excluding hydrogens is 166 g/mol. The fourth-order valence-corrected chi connectivity index (χ4v) is 1.51. The highest BCUT2D eigenvalue weighted by atomic mass is 16.6. The van der Waals surface area contributed by atoms with Gasteiger partial charge in [0.25, 0.3) is 0 Å². The summed E-state index contributed by atoms with van der Waals surface area (Å²) in [5.41, 5.74) is 0. The summed E-state index contributed by atoms with van der Waals surface area (Å²) in [5.74, 6) is 0. The molecule has 1 heterocycles. The van der Waals surface area contributed by atoms with E-state index in [4.69, 9.17) is 4.74 Å². The second-order valence-electron chi connectivity index (χ2n) is 3.49. The lowest BCUT2D eigenvalue weighted by Gasteiger charge is -2.34. The SMILES string of the molecule is CC.C[C@@H]1CC(N(C)C)CC(O)O1. The Hall–Kier alpha value is -0.120. The number of hydrogen-bond donors (Lipinski definition) is 1. The summed E-state index contributed by atoms with van der Waals surface area (Å²) >= 11 is 0. The molecule has 0 aromatic rings. The minimum absolute atomic E-state index is 0.186. The summed E-state index contributed by atoms with van der Waals surface area (Å²) in [5, 5.41) is 9.25. The van der Waals surface area contributed by atoms with Crippen molar-refractivity contribution in [1.29, 1.82) is 0 Å². The molecule has 2 unspecified atom stereocenters. The number of hydrogen-bond acceptors (Lipinski definition) is 3. The van der Waals surface area contributed by atoms with E-state index >= 15 is 0 Å². The maximum atomic E-state index is 9.25. The van der Waals surface area contributed by atoms with Gasteiger partial charge in [-0.2, -0.15) is 0 Å². The van der Waals surface area contributed by atoms with Gasteiger partial charge in [-0.25, -0.2) is 0 Å². The molecule has 0 saturated carbocycles. The Labute approximate surface area is 81.7 Å². The molecule has 3 nitrogen and oxygen atoms in total. The van der Waals surface area contributed by atoms with Gasteiger partial charge in [0, 0.05) is 12.5 Å². The summed E-state index contributed by atoms with van der Waals surface area (Å²) in [7, 11) is 4.07. The zero-order chi connectivity index (χ0) is 10.4. The monoisotopic (exact) mass is 189 g/mol. The lowest BCUT2D eigenvalue weighted by molar-refractivity contribution is -0.172. The Bertz CT molecular complexity index is 118. The van der Waals surface area contributed by atoms with Crippen molar-refractivity contribution < 1.29 is 9.84 Å². The van der Waals surface area contributed by atoms with Crippen LogP contribution in [0.5, 0.6) is 0 Å². The smallest absolute Gasteiger partial charge is 0.156 e. The molecule has 3 heteroatoms. The molecule has 1 saturated heterocycles. The van der Waals surface area contributed by atoms with Crippen molar-refractivity contribution in [2.24, 2.45) is 0 Å². The number of aliphatic hydroxyl groups is 1. The van der Waals surface area contributed by atoms with E-state index < -0.39 is 6.29 Å². The van der Waals surface area contributed by atoms with Crippen molar-refractivity contribution in [1.82, 2.24) is 4.90 Å². The Balaban J connectivity index is 0.000000671. The molecular formula is C10H23NO2. The van der Waals surface area contributed by atoms with E-state index in [1.165, 1.54) is 0 Å². The van der Waals surface area contributed by atoms with Crippen LogP contribution in [0.15, 0.2) is 0 Å². The van der Waals surface area contributed by atoms with Crippen molar-refractivity contribution in [2.75, 3.05) is 14.1 Å². The normalized spacial score (nSPS) is 33.9. The van der Waals surface area contributed by atoms with Crippen LogP contribution in [0.4, 0.5) is 0 Å². The van der Waals surface area contributed by atoms with Crippen LogP contribution in [0.3, 0.4) is 0 Å². The zero-order valence-electron chi connectivity index (χ0n) is 9.45. The van der Waals surface area contributed by atoms with Gasteiger partial charge in [0.05, 0.1) is 6.10 Å². The number of nitrogens with zero attached hydrogens (tertiary/aromatic N) is 1. The van der Waals surface area contributed by atoms with Gasteiger partial charge < -0.3 is 14.7 Å². The molecule has 0 amide bonds. The van der Waals surface area contributed by atoms with Crippen LogP contribution >= 0.6 is 0 Å². The third-order valence-corrected chi connectivity index (χ3v) is 2.20. The van der Waals surface area contributed by atoms with Crippen molar-refractivity contribution in [2.45, 2.75) is 52.0 Å². The van der Waals surface area contributed by atoms with E-state index in [1.807, 2.05) is 34.9 Å². The van der Waals surface area contributed by atoms with Crippen molar-refractivity contribution in [3.05, 3.63) is 0 Å². The first-order valence-corrected chi connectivity index (χ1v) is 5.09. The van der Waals surface area contributed by atoms with Gasteiger partial charge >= 0.3 is 0 Å². The van der Waals surface area contributed by atoms with Crippen LogP contribution in [0.25, 0.3) is 0 Å². The van der Waals surface area contributed by atoms with E-state index in [0.717, 1.165) is 12.8 Å². The van der Waals surface area contributed by atoms with Crippen LogP contribution < -0.4 is 0 Å². The van der Waals surface area contributed by atoms with E-state index in [0.29, 0.717) is 6.04 Å². The predicted molar refractivity (Wildman–Crippen MR) is 54.6 cm³/mol. The van der Waals surface area contributed by atoms with Gasteiger partial charge in [-0.1, -0.05) is 13.8 Å². The third kappa shape index (κ3) is 4.60. The minimum Gasteiger partial charge on any atom is -0.368 e. The largest absolute Gasteiger partial charge is 0.368 e. The molecule has 0 aliphatic carbocycles. The second-order valence-corrected chi connectivity index (χ2v) is 3.49. The van der Waals surface area contributed by atoms with E-state index in [1.54, 1.807) is 0 Å². The summed E-state index contributed by atoms with van der Waals surface area (Å²) in [4.78, 5) is 2.14. The first-order chi connectivity index (χ1) is 6.09. The lowest BCUT2D eigenvalue weighted by atomic mass is 10.0. The molecule has 80 valence electrons. The summed E-state index contributed by atoms with van der Waals surface area (Å²) in [6, 6.07) is 0.466. The molecule has 0 spiro atoms. The highest BCUT2D eigenvalue weighted by Gasteiger charge is 2.26. The van der Waals surface area contributed by atoms with Crippen LogP contribution in [-0.4, -0.2) is 42.5 Å². The molecule has 0 aromatic heterocycles. The fraction of sp³-hybridized carbons (Fsp3) is 1.00. The lowest BCUT2D eigenvalue weighted by Crippen LogP contribution is -2.41. The van der Waals surface area contributed by atoms with E-state index in [2.05, 4.69) is 4.90 Å². The zero-order valence-corrected chi connectivity index (χ0v) is 9.45. The molecule has 1 aliphatic heterocycles. The van der Waals surface area contributed by atoms with Gasteiger partial charge in [-0.3, -0.25) is 0 Å². The Morgan fingerprint density at radius 1 is 1.23 bits per heavy atom. The van der Waals surface area contributed by atoms with E-state index in [9.17, 15) is 5.11 Å². The molecule has 1 rings (SSSR count). The maximum absolute atomic E-state index is 9.25. The molecule has 1 aliphatic rings. The molecule has 1 fully saturated rings. The van der Waals surface area contributed by atoms with E-state index in [-0.39, 0.29) is 6.10 Å². The molecule has 1 N–H and O–H groups in total. The molecule has 13 heavy (non-hydrogen) atoms. The molecule has 3 atom stereocenters. The van der Waals surface area contributed by atoms with Crippen molar-refractivity contribution >= 4 is 0 Å². The highest BCUT2D eigenvalue weighted by molar-refractivity contribution is 4.75. The Morgan fingerprint density at radius 2 is 1.77 bits per heavy atom. The number of ether oxygens (including phenoxy) is 1. The first kappa shape index (κ1) is 12.9. The molecule has 0 aromatic carbocycles. The summed E-state index contributed by atoms with van der Waals surface area (Å²) in [6.07, 6.45) is 1.37. The van der Waals surface area contributed by atoms with Gasteiger partial charge in [-0.15, -0.1) is 0 Å². The van der Waals surface area contributed by atoms with Gasteiger partial charge in [-0.05, 0) is 27.4 Å². The first-order valence-electron chi connectivity index (χ1n) is 5.09. The minimum atomic E-state index is -0.564. The van der Waals surface area contributed by atoms with Crippen molar-refractivity contribution in [3.8, 4) is 0 Å². The van der Waals surface area contributed by atoms with Crippen LogP contribution in [0.1, 0.15) is 33.6 Å². The number of rotatable bonds is 1.